The van der Waals surface area contributed by atoms with Gasteiger partial charge in [0, 0.05) is 16.7 Å². The molecular formula is C9H12BrN3O2S. The maximum Gasteiger partial charge on any atom is 0.240 e. The van der Waals surface area contributed by atoms with Crippen molar-refractivity contribution in [1.29, 1.82) is 0 Å². The first kappa shape index (κ1) is 13.0. The Balaban J connectivity index is 3.13. The predicted molar refractivity (Wildman–Crippen MR) is 68.8 cm³/mol. The minimum atomic E-state index is -3.79. The quantitative estimate of drug-likeness (QED) is 0.729. The number of sulfonamides is 1. The summed E-state index contributed by atoms with van der Waals surface area (Å²) in [5, 5.41) is 7.96. The second-order valence-corrected chi connectivity index (χ2v) is 5.82. The van der Waals surface area contributed by atoms with Gasteiger partial charge >= 0.3 is 0 Å². The lowest BCUT2D eigenvalue weighted by atomic mass is 10.3. The molecule has 0 atom stereocenters. The summed E-state index contributed by atoms with van der Waals surface area (Å²) < 4.78 is 23.3. The lowest BCUT2D eigenvalue weighted by Crippen LogP contribution is -2.15. The van der Waals surface area contributed by atoms with Crippen molar-refractivity contribution < 1.29 is 8.42 Å². The molecule has 7 heteroatoms. The van der Waals surface area contributed by atoms with Crippen LogP contribution in [0.2, 0.25) is 0 Å². The number of nitrogens with one attached hydrogen (secondary N) is 1. The van der Waals surface area contributed by atoms with Crippen LogP contribution in [0.3, 0.4) is 0 Å². The van der Waals surface area contributed by atoms with Gasteiger partial charge in [-0.25, -0.2) is 13.6 Å². The highest BCUT2D eigenvalue weighted by molar-refractivity contribution is 9.11. The number of hydrogen-bond acceptors (Lipinski definition) is 4. The van der Waals surface area contributed by atoms with E-state index >= 15 is 0 Å². The summed E-state index contributed by atoms with van der Waals surface area (Å²) in [4.78, 5) is -0.0266. The van der Waals surface area contributed by atoms with E-state index in [-0.39, 0.29) is 4.90 Å². The Bertz CT molecular complexity index is 513. The molecule has 0 saturated carbocycles. The average molecular weight is 306 g/mol. The maximum atomic E-state index is 11.3. The Hall–Kier alpha value is -1.05. The van der Waals surface area contributed by atoms with Crippen molar-refractivity contribution in [2.24, 2.45) is 5.14 Å². The van der Waals surface area contributed by atoms with Gasteiger partial charge in [0.25, 0.3) is 0 Å². The normalized spacial score (nSPS) is 11.1. The van der Waals surface area contributed by atoms with E-state index in [1.165, 1.54) is 6.07 Å². The standard InChI is InChI=1S/C9H12BrN3O2S/c1-6(10)5-13-8-3-2-7(11)4-9(8)16(12,14)15/h2-4,13H,1,5,11H2,(H2,12,14,15). The van der Waals surface area contributed by atoms with Crippen LogP contribution in [0.1, 0.15) is 0 Å². The number of benzene rings is 1. The molecule has 88 valence electrons. The van der Waals surface area contributed by atoms with Gasteiger partial charge in [-0.1, -0.05) is 22.5 Å². The summed E-state index contributed by atoms with van der Waals surface area (Å²) in [6.45, 7) is 4.02. The second kappa shape index (κ2) is 4.86. The molecule has 0 unspecified atom stereocenters. The molecule has 0 heterocycles. The van der Waals surface area contributed by atoms with E-state index in [1.54, 1.807) is 12.1 Å². The van der Waals surface area contributed by atoms with Gasteiger partial charge in [0.05, 0.1) is 5.69 Å². The maximum absolute atomic E-state index is 11.3. The van der Waals surface area contributed by atoms with Crippen molar-refractivity contribution in [1.82, 2.24) is 0 Å². The third kappa shape index (κ3) is 3.51. The zero-order valence-corrected chi connectivity index (χ0v) is 10.8. The molecule has 0 aliphatic carbocycles. The molecule has 5 nitrogen and oxygen atoms in total. The predicted octanol–water partition coefficient (Wildman–Crippen LogP) is 1.24. The van der Waals surface area contributed by atoms with E-state index in [9.17, 15) is 8.42 Å². The van der Waals surface area contributed by atoms with Gasteiger partial charge in [0.2, 0.25) is 10.0 Å². The SMILES string of the molecule is C=C(Br)CNc1ccc(N)cc1S(N)(=O)=O. The molecule has 0 spiro atoms. The highest BCUT2D eigenvalue weighted by atomic mass is 79.9. The number of anilines is 2. The summed E-state index contributed by atoms with van der Waals surface area (Å²) in [5.74, 6) is 0. The van der Waals surface area contributed by atoms with Crippen LogP contribution in [-0.4, -0.2) is 15.0 Å². The molecule has 0 bridgehead atoms. The van der Waals surface area contributed by atoms with E-state index in [0.29, 0.717) is 22.4 Å². The van der Waals surface area contributed by atoms with E-state index < -0.39 is 10.0 Å². The van der Waals surface area contributed by atoms with Gasteiger partial charge in [-0.15, -0.1) is 0 Å². The van der Waals surface area contributed by atoms with Crippen molar-refractivity contribution in [3.8, 4) is 0 Å². The van der Waals surface area contributed by atoms with Gasteiger partial charge in [0.15, 0.2) is 0 Å². The zero-order valence-electron chi connectivity index (χ0n) is 8.40. The van der Waals surface area contributed by atoms with E-state index in [0.717, 1.165) is 0 Å². The zero-order chi connectivity index (χ0) is 12.3. The second-order valence-electron chi connectivity index (χ2n) is 3.17. The van der Waals surface area contributed by atoms with Crippen LogP contribution >= 0.6 is 15.9 Å². The lowest BCUT2D eigenvalue weighted by molar-refractivity contribution is 0.598. The smallest absolute Gasteiger partial charge is 0.240 e. The van der Waals surface area contributed by atoms with Crippen molar-refractivity contribution in [2.75, 3.05) is 17.6 Å². The van der Waals surface area contributed by atoms with Crippen molar-refractivity contribution in [3.63, 3.8) is 0 Å². The number of rotatable bonds is 4. The van der Waals surface area contributed by atoms with E-state index in [2.05, 4.69) is 27.8 Å². The minimum Gasteiger partial charge on any atom is -0.399 e. The molecule has 0 saturated heterocycles. The first-order chi connectivity index (χ1) is 7.30. The summed E-state index contributed by atoms with van der Waals surface area (Å²) in [6, 6.07) is 4.47. The van der Waals surface area contributed by atoms with E-state index in [4.69, 9.17) is 10.9 Å². The summed E-state index contributed by atoms with van der Waals surface area (Å²) in [5.41, 5.74) is 6.25. The Morgan fingerprint density at radius 2 is 2.12 bits per heavy atom. The van der Waals surface area contributed by atoms with E-state index in [1.807, 2.05) is 0 Å². The lowest BCUT2D eigenvalue weighted by Gasteiger charge is -2.10. The third-order valence-electron chi connectivity index (χ3n) is 1.78. The summed E-state index contributed by atoms with van der Waals surface area (Å²) >= 11 is 3.16. The fraction of sp³-hybridized carbons (Fsp3) is 0.111. The molecule has 0 fully saturated rings. The molecular weight excluding hydrogens is 294 g/mol. The molecule has 1 aromatic rings. The van der Waals surface area contributed by atoms with Gasteiger partial charge in [0.1, 0.15) is 4.90 Å². The topological polar surface area (TPSA) is 98.2 Å². The van der Waals surface area contributed by atoms with Gasteiger partial charge in [-0.3, -0.25) is 0 Å². The highest BCUT2D eigenvalue weighted by Gasteiger charge is 2.14. The number of primary sulfonamides is 1. The Labute approximate surface area is 103 Å². The Kier molecular flexibility index (Phi) is 3.95. The van der Waals surface area contributed by atoms with Crippen LogP contribution in [0.15, 0.2) is 34.2 Å². The fourth-order valence-corrected chi connectivity index (χ4v) is 2.00. The molecule has 16 heavy (non-hydrogen) atoms. The highest BCUT2D eigenvalue weighted by Crippen LogP contribution is 2.23. The fourth-order valence-electron chi connectivity index (χ4n) is 1.11. The molecule has 0 aliphatic heterocycles. The molecule has 1 aromatic carbocycles. The molecule has 1 rings (SSSR count). The number of nitrogen functional groups attached to an aromatic ring is 1. The van der Waals surface area contributed by atoms with Crippen molar-refractivity contribution in [3.05, 3.63) is 29.3 Å². The Morgan fingerprint density at radius 3 is 2.62 bits per heavy atom. The van der Waals surface area contributed by atoms with Crippen LogP contribution < -0.4 is 16.2 Å². The molecule has 0 amide bonds. The largest absolute Gasteiger partial charge is 0.399 e. The van der Waals surface area contributed by atoms with Crippen LogP contribution in [0.4, 0.5) is 11.4 Å². The van der Waals surface area contributed by atoms with Crippen molar-refractivity contribution in [2.45, 2.75) is 4.90 Å². The van der Waals surface area contributed by atoms with Crippen molar-refractivity contribution >= 4 is 37.3 Å². The first-order valence-corrected chi connectivity index (χ1v) is 6.64. The van der Waals surface area contributed by atoms with Gasteiger partial charge < -0.3 is 11.1 Å². The van der Waals surface area contributed by atoms with Gasteiger partial charge in [-0.2, -0.15) is 0 Å². The number of halogens is 1. The Morgan fingerprint density at radius 1 is 1.50 bits per heavy atom. The minimum absolute atomic E-state index is 0.0266. The monoisotopic (exact) mass is 305 g/mol. The summed E-state index contributed by atoms with van der Waals surface area (Å²) in [6.07, 6.45) is 0. The number of nitrogens with two attached hydrogens (primary N) is 2. The van der Waals surface area contributed by atoms with Crippen LogP contribution in [-0.2, 0) is 10.0 Å². The van der Waals surface area contributed by atoms with Crippen LogP contribution in [0, 0.1) is 0 Å². The third-order valence-corrected chi connectivity index (χ3v) is 3.01. The molecule has 0 aliphatic rings. The van der Waals surface area contributed by atoms with Crippen LogP contribution in [0.5, 0.6) is 0 Å². The average Bonchev–Trinajstić information content (AvgIpc) is 2.14. The molecule has 0 aromatic heterocycles. The molecule has 5 N–H and O–H groups in total. The van der Waals surface area contributed by atoms with Gasteiger partial charge in [-0.05, 0) is 18.2 Å². The summed E-state index contributed by atoms with van der Waals surface area (Å²) in [7, 11) is -3.79. The van der Waals surface area contributed by atoms with Crippen LogP contribution in [0.25, 0.3) is 0 Å². The number of hydrogen-bond donors (Lipinski definition) is 3. The first-order valence-electron chi connectivity index (χ1n) is 4.30. The molecule has 0 radical (unpaired) electrons.